The van der Waals surface area contributed by atoms with Gasteiger partial charge in [0.25, 0.3) is 5.91 Å². The van der Waals surface area contributed by atoms with Gasteiger partial charge in [-0.1, -0.05) is 0 Å². The van der Waals surface area contributed by atoms with Crippen LogP contribution in [-0.4, -0.2) is 36.5 Å². The van der Waals surface area contributed by atoms with E-state index in [2.05, 4.69) is 15.3 Å². The van der Waals surface area contributed by atoms with Gasteiger partial charge in [0.15, 0.2) is 22.9 Å². The molecule has 0 bridgehead atoms. The summed E-state index contributed by atoms with van der Waals surface area (Å²) < 4.78 is 55.8. The van der Waals surface area contributed by atoms with Gasteiger partial charge in [-0.2, -0.15) is 4.98 Å². The Balaban J connectivity index is 1.62. The lowest BCUT2D eigenvalue weighted by molar-refractivity contribution is 0.0964. The third kappa shape index (κ3) is 4.47. The van der Waals surface area contributed by atoms with Crippen LogP contribution < -0.4 is 10.2 Å². The molecule has 41 heavy (non-hydrogen) atoms. The number of oxazole rings is 1. The Morgan fingerprint density at radius 3 is 2.44 bits per heavy atom. The number of carbonyl (C=O) groups is 1. The minimum Gasteiger partial charge on any atom is -0.455 e. The van der Waals surface area contributed by atoms with Crippen LogP contribution in [0.1, 0.15) is 17.3 Å². The number of pyridine rings is 1. The summed E-state index contributed by atoms with van der Waals surface area (Å²) in [5.41, 5.74) is 3.07. The van der Waals surface area contributed by atoms with Crippen LogP contribution in [0.25, 0.3) is 56.1 Å². The van der Waals surface area contributed by atoms with Crippen molar-refractivity contribution in [3.8, 4) is 33.9 Å². The van der Waals surface area contributed by atoms with E-state index >= 15 is 8.78 Å². The quantitative estimate of drug-likeness (QED) is 0.234. The first kappa shape index (κ1) is 26.1. The van der Waals surface area contributed by atoms with Gasteiger partial charge in [-0.05, 0) is 67.1 Å². The van der Waals surface area contributed by atoms with Crippen LogP contribution in [0.15, 0.2) is 75.7 Å². The van der Waals surface area contributed by atoms with Gasteiger partial charge in [0, 0.05) is 55.1 Å². The molecule has 10 heteroatoms. The van der Waals surface area contributed by atoms with Gasteiger partial charge < -0.3 is 19.1 Å². The number of hydrogen-bond donors (Lipinski definition) is 1. The smallest absolute Gasteiger partial charge is 0.255 e. The number of anilines is 1. The van der Waals surface area contributed by atoms with E-state index in [0.717, 1.165) is 6.07 Å². The molecule has 3 aromatic heterocycles. The molecule has 6 rings (SSSR count). The van der Waals surface area contributed by atoms with Crippen molar-refractivity contribution in [3.63, 3.8) is 0 Å². The van der Waals surface area contributed by atoms with Crippen LogP contribution >= 0.6 is 0 Å². The number of halogens is 3. The van der Waals surface area contributed by atoms with Gasteiger partial charge in [0.05, 0.1) is 11.1 Å². The van der Waals surface area contributed by atoms with Crippen LogP contribution in [0, 0.1) is 17.5 Å². The van der Waals surface area contributed by atoms with E-state index in [1.807, 2.05) is 18.9 Å². The molecule has 7 nitrogen and oxygen atoms in total. The molecule has 0 fully saturated rings. The lowest BCUT2D eigenvalue weighted by Gasteiger charge is -2.21. The Hall–Kier alpha value is -5.12. The van der Waals surface area contributed by atoms with Crippen LogP contribution in [0.4, 0.5) is 18.9 Å². The summed E-state index contributed by atoms with van der Waals surface area (Å²) >= 11 is 0. The average molecular weight is 557 g/mol. The summed E-state index contributed by atoms with van der Waals surface area (Å²) in [5, 5.41) is 3.08. The Kier molecular flexibility index (Phi) is 6.45. The molecule has 1 amide bonds. The van der Waals surface area contributed by atoms with Gasteiger partial charge >= 0.3 is 0 Å². The van der Waals surface area contributed by atoms with E-state index in [4.69, 9.17) is 8.83 Å². The number of nitrogens with one attached hydrogen (secondary N) is 1. The minimum absolute atomic E-state index is 0.114. The molecule has 0 saturated carbocycles. The fourth-order valence-electron chi connectivity index (χ4n) is 4.79. The van der Waals surface area contributed by atoms with Crippen molar-refractivity contribution < 1.29 is 26.8 Å². The Morgan fingerprint density at radius 1 is 0.951 bits per heavy atom. The van der Waals surface area contributed by atoms with Crippen molar-refractivity contribution in [2.45, 2.75) is 6.92 Å². The highest BCUT2D eigenvalue weighted by molar-refractivity contribution is 6.13. The molecule has 206 valence electrons. The Labute approximate surface area is 232 Å². The topological polar surface area (TPSA) is 84.4 Å². The molecule has 6 aromatic rings. The molecule has 1 N–H and O–H groups in total. The maximum Gasteiger partial charge on any atom is 0.255 e. The maximum atomic E-state index is 15.1. The number of hydrogen-bond acceptors (Lipinski definition) is 6. The molecule has 3 aromatic carbocycles. The Bertz CT molecular complexity index is 1910. The zero-order valence-corrected chi connectivity index (χ0v) is 22.3. The molecule has 3 heterocycles. The first-order valence-electron chi connectivity index (χ1n) is 12.8. The fourth-order valence-corrected chi connectivity index (χ4v) is 4.79. The summed E-state index contributed by atoms with van der Waals surface area (Å²) in [7, 11) is 3.34. The molecule has 0 unspecified atom stereocenters. The SMILES string of the molecule is CCN(C)c1cc2oc(-c3ccc(F)cc3)c(C(=O)NC)c2cc1-c1cc(F)c(F)c(-c2nc3ncccc3o2)c1. The monoisotopic (exact) mass is 556 g/mol. The lowest BCUT2D eigenvalue weighted by atomic mass is 9.96. The van der Waals surface area contributed by atoms with E-state index in [1.165, 1.54) is 43.6 Å². The normalized spacial score (nSPS) is 11.4. The lowest BCUT2D eigenvalue weighted by Crippen LogP contribution is -2.18. The first-order chi connectivity index (χ1) is 19.8. The predicted octanol–water partition coefficient (Wildman–Crippen LogP) is 7.20. The van der Waals surface area contributed by atoms with Crippen LogP contribution in [0.2, 0.25) is 0 Å². The maximum absolute atomic E-state index is 15.1. The first-order valence-corrected chi connectivity index (χ1v) is 12.8. The minimum atomic E-state index is -1.11. The van der Waals surface area contributed by atoms with E-state index in [0.29, 0.717) is 45.5 Å². The number of carbonyl (C=O) groups excluding carboxylic acids is 1. The van der Waals surface area contributed by atoms with Gasteiger partial charge in [-0.25, -0.2) is 18.2 Å². The number of fused-ring (bicyclic) bond motifs is 2. The molecule has 0 aliphatic rings. The fraction of sp³-hybridized carbons (Fsp3) is 0.129. The van der Waals surface area contributed by atoms with Gasteiger partial charge in [-0.15, -0.1) is 0 Å². The second-order valence-corrected chi connectivity index (χ2v) is 9.44. The summed E-state index contributed by atoms with van der Waals surface area (Å²) in [4.78, 5) is 23.4. The summed E-state index contributed by atoms with van der Waals surface area (Å²) in [6.07, 6.45) is 1.53. The zero-order valence-electron chi connectivity index (χ0n) is 22.3. The van der Waals surface area contributed by atoms with Crippen molar-refractivity contribution in [1.82, 2.24) is 15.3 Å². The summed E-state index contributed by atoms with van der Waals surface area (Å²) in [5.74, 6) is -2.91. The second kappa shape index (κ2) is 10.1. The van der Waals surface area contributed by atoms with E-state index in [1.54, 1.807) is 24.3 Å². The van der Waals surface area contributed by atoms with E-state index < -0.39 is 23.4 Å². The summed E-state index contributed by atoms with van der Waals surface area (Å²) in [6.45, 7) is 2.53. The number of rotatable bonds is 6. The van der Waals surface area contributed by atoms with E-state index in [-0.39, 0.29) is 28.4 Å². The molecular formula is C31H23F3N4O3. The van der Waals surface area contributed by atoms with Crippen LogP contribution in [-0.2, 0) is 0 Å². The van der Waals surface area contributed by atoms with Gasteiger partial charge in [0.1, 0.15) is 17.2 Å². The van der Waals surface area contributed by atoms with E-state index in [9.17, 15) is 9.18 Å². The van der Waals surface area contributed by atoms with Crippen molar-refractivity contribution in [2.24, 2.45) is 0 Å². The number of furan rings is 1. The molecule has 0 spiro atoms. The highest BCUT2D eigenvalue weighted by Gasteiger charge is 2.26. The third-order valence-corrected chi connectivity index (χ3v) is 6.99. The van der Waals surface area contributed by atoms with Crippen molar-refractivity contribution in [3.05, 3.63) is 89.9 Å². The Morgan fingerprint density at radius 2 is 1.73 bits per heavy atom. The number of nitrogens with zero attached hydrogens (tertiary/aromatic N) is 3. The molecule has 0 aliphatic heterocycles. The van der Waals surface area contributed by atoms with Crippen LogP contribution in [0.5, 0.6) is 0 Å². The highest BCUT2D eigenvalue weighted by atomic mass is 19.2. The molecule has 0 saturated heterocycles. The van der Waals surface area contributed by atoms with Gasteiger partial charge in [0.2, 0.25) is 5.89 Å². The van der Waals surface area contributed by atoms with Crippen molar-refractivity contribution in [1.29, 1.82) is 0 Å². The predicted molar refractivity (Wildman–Crippen MR) is 150 cm³/mol. The number of benzene rings is 3. The van der Waals surface area contributed by atoms with Crippen LogP contribution in [0.3, 0.4) is 0 Å². The second-order valence-electron chi connectivity index (χ2n) is 9.44. The van der Waals surface area contributed by atoms with Crippen molar-refractivity contribution in [2.75, 3.05) is 25.5 Å². The molecular weight excluding hydrogens is 533 g/mol. The number of aromatic nitrogens is 2. The standard InChI is InChI=1S/C31H23F3N4O3/c1-4-38(3)23-15-25-20(26(30(39)35-2)28(40-25)16-7-9-18(32)10-8-16)14-19(23)17-12-21(27(34)22(33)13-17)31-37-29-24(41-31)6-5-11-36-29/h5-15H,4H2,1-3H3,(H,35,39). The average Bonchev–Trinajstić information content (AvgIpc) is 3.59. The largest absolute Gasteiger partial charge is 0.455 e. The van der Waals surface area contributed by atoms with Gasteiger partial charge in [-0.3, -0.25) is 4.79 Å². The zero-order chi connectivity index (χ0) is 28.8. The van der Waals surface area contributed by atoms with Crippen molar-refractivity contribution >= 4 is 33.8 Å². The third-order valence-electron chi connectivity index (χ3n) is 6.99. The molecule has 0 radical (unpaired) electrons. The molecule has 0 atom stereocenters. The summed E-state index contributed by atoms with van der Waals surface area (Å²) in [6, 6.07) is 14.9. The number of amides is 1. The molecule has 0 aliphatic carbocycles. The highest BCUT2D eigenvalue weighted by Crippen LogP contribution is 2.42.